The van der Waals surface area contributed by atoms with Crippen LogP contribution in [-0.4, -0.2) is 0 Å². The van der Waals surface area contributed by atoms with Crippen LogP contribution >= 0.6 is 0 Å². The Kier molecular flexibility index (Phi) is 4.97. The van der Waals surface area contributed by atoms with Crippen LogP contribution in [0.5, 0.6) is 5.75 Å². The molecule has 2 N–H and O–H groups in total. The summed E-state index contributed by atoms with van der Waals surface area (Å²) in [7, 11) is 0. The maximum Gasteiger partial charge on any atom is 0.127 e. The fourth-order valence-electron chi connectivity index (χ4n) is 2.85. The van der Waals surface area contributed by atoms with Crippen molar-refractivity contribution in [3.05, 3.63) is 89.0 Å². The minimum atomic E-state index is 0.463. The van der Waals surface area contributed by atoms with Gasteiger partial charge in [0, 0.05) is 12.1 Å². The molecule has 24 heavy (non-hydrogen) atoms. The highest BCUT2D eigenvalue weighted by atomic mass is 16.5. The van der Waals surface area contributed by atoms with E-state index in [0.29, 0.717) is 13.2 Å². The van der Waals surface area contributed by atoms with Gasteiger partial charge in [-0.15, -0.1) is 0 Å². The fourth-order valence-corrected chi connectivity index (χ4v) is 2.85. The predicted molar refractivity (Wildman–Crippen MR) is 100 cm³/mol. The topological polar surface area (TPSA) is 35.2 Å². The third-order valence-electron chi connectivity index (χ3n) is 4.18. The van der Waals surface area contributed by atoms with Crippen LogP contribution in [0.15, 0.2) is 66.7 Å². The minimum Gasteiger partial charge on any atom is -0.488 e. The highest BCUT2D eigenvalue weighted by molar-refractivity contribution is 5.67. The summed E-state index contributed by atoms with van der Waals surface area (Å²) in [6, 6.07) is 23.1. The molecule has 0 aliphatic rings. The Bertz CT molecular complexity index is 807. The van der Waals surface area contributed by atoms with Gasteiger partial charge in [-0.2, -0.15) is 0 Å². The second-order valence-corrected chi connectivity index (χ2v) is 6.13. The van der Waals surface area contributed by atoms with Crippen molar-refractivity contribution in [1.82, 2.24) is 0 Å². The molecule has 0 saturated carbocycles. The van der Waals surface area contributed by atoms with E-state index in [1.54, 1.807) is 0 Å². The average Bonchev–Trinajstić information content (AvgIpc) is 2.61. The number of aryl methyl sites for hydroxylation is 2. The number of ether oxygens (including phenoxy) is 1. The maximum atomic E-state index is 6.07. The van der Waals surface area contributed by atoms with E-state index in [4.69, 9.17) is 10.5 Å². The van der Waals surface area contributed by atoms with Crippen LogP contribution in [0.3, 0.4) is 0 Å². The lowest BCUT2D eigenvalue weighted by atomic mass is 9.98. The summed E-state index contributed by atoms with van der Waals surface area (Å²) in [5.74, 6) is 0.900. The smallest absolute Gasteiger partial charge is 0.127 e. The summed E-state index contributed by atoms with van der Waals surface area (Å²) >= 11 is 0. The van der Waals surface area contributed by atoms with Crippen molar-refractivity contribution in [3.8, 4) is 16.9 Å². The van der Waals surface area contributed by atoms with Crippen LogP contribution < -0.4 is 10.5 Å². The van der Waals surface area contributed by atoms with E-state index in [1.165, 1.54) is 16.7 Å². The van der Waals surface area contributed by atoms with Gasteiger partial charge in [-0.1, -0.05) is 60.2 Å². The molecule has 3 rings (SSSR count). The second-order valence-electron chi connectivity index (χ2n) is 6.13. The van der Waals surface area contributed by atoms with Gasteiger partial charge in [0.25, 0.3) is 0 Å². The summed E-state index contributed by atoms with van der Waals surface area (Å²) in [5.41, 5.74) is 12.9. The third-order valence-corrected chi connectivity index (χ3v) is 4.18. The first kappa shape index (κ1) is 16.3. The molecule has 122 valence electrons. The van der Waals surface area contributed by atoms with Crippen LogP contribution in [0.2, 0.25) is 0 Å². The molecule has 2 nitrogen and oxygen atoms in total. The van der Waals surface area contributed by atoms with Gasteiger partial charge < -0.3 is 10.5 Å². The van der Waals surface area contributed by atoms with Gasteiger partial charge in [0.2, 0.25) is 0 Å². The molecule has 0 radical (unpaired) electrons. The molecule has 0 aromatic heterocycles. The molecule has 2 heteroatoms. The van der Waals surface area contributed by atoms with Crippen LogP contribution in [0.4, 0.5) is 0 Å². The Morgan fingerprint density at radius 2 is 1.54 bits per heavy atom. The zero-order valence-electron chi connectivity index (χ0n) is 14.3. The normalized spacial score (nSPS) is 10.6. The Hall–Kier alpha value is -2.58. The van der Waals surface area contributed by atoms with Gasteiger partial charge in [0.05, 0.1) is 0 Å². The summed E-state index contributed by atoms with van der Waals surface area (Å²) in [6.07, 6.45) is 0. The number of rotatable bonds is 5. The van der Waals surface area contributed by atoms with Gasteiger partial charge in [-0.3, -0.25) is 0 Å². The fraction of sp³-hybridized carbons (Fsp3) is 0.182. The van der Waals surface area contributed by atoms with Crippen molar-refractivity contribution >= 4 is 0 Å². The van der Waals surface area contributed by atoms with Gasteiger partial charge in [0.1, 0.15) is 12.4 Å². The van der Waals surface area contributed by atoms with Crippen molar-refractivity contribution in [1.29, 1.82) is 0 Å². The van der Waals surface area contributed by atoms with Crippen molar-refractivity contribution < 1.29 is 4.74 Å². The van der Waals surface area contributed by atoms with E-state index in [2.05, 4.69) is 62.4 Å². The molecule has 0 amide bonds. The van der Waals surface area contributed by atoms with E-state index in [-0.39, 0.29) is 0 Å². The lowest BCUT2D eigenvalue weighted by molar-refractivity contribution is 0.301. The van der Waals surface area contributed by atoms with Crippen LogP contribution in [0.1, 0.15) is 22.3 Å². The second kappa shape index (κ2) is 7.33. The van der Waals surface area contributed by atoms with Gasteiger partial charge in [-0.25, -0.2) is 0 Å². The minimum absolute atomic E-state index is 0.463. The Morgan fingerprint density at radius 1 is 0.833 bits per heavy atom. The van der Waals surface area contributed by atoms with Gasteiger partial charge >= 0.3 is 0 Å². The molecule has 3 aromatic carbocycles. The Morgan fingerprint density at radius 3 is 2.21 bits per heavy atom. The van der Waals surface area contributed by atoms with Crippen molar-refractivity contribution in [2.75, 3.05) is 0 Å². The molecule has 0 atom stereocenters. The van der Waals surface area contributed by atoms with Crippen molar-refractivity contribution in [3.63, 3.8) is 0 Å². The standard InChI is InChI=1S/C22H23NO/c1-16-8-10-19(11-9-16)20-12-17(2)22(21(13-20)14-23)24-15-18-6-4-3-5-7-18/h3-13H,14-15,23H2,1-2H3. The first-order chi connectivity index (χ1) is 11.7. The summed E-state index contributed by atoms with van der Waals surface area (Å²) < 4.78 is 6.07. The first-order valence-corrected chi connectivity index (χ1v) is 8.24. The van der Waals surface area contributed by atoms with Crippen LogP contribution in [0, 0.1) is 13.8 Å². The molecule has 0 unspecified atom stereocenters. The number of benzene rings is 3. The zero-order chi connectivity index (χ0) is 16.9. The van der Waals surface area contributed by atoms with E-state index in [0.717, 1.165) is 22.4 Å². The Balaban J connectivity index is 1.89. The predicted octanol–water partition coefficient (Wildman–Crippen LogP) is 5.01. The largest absolute Gasteiger partial charge is 0.488 e. The molecule has 0 bridgehead atoms. The SMILES string of the molecule is Cc1ccc(-c2cc(C)c(OCc3ccccc3)c(CN)c2)cc1. The Labute approximate surface area is 143 Å². The molecule has 3 aromatic rings. The molecular weight excluding hydrogens is 294 g/mol. The lowest BCUT2D eigenvalue weighted by Crippen LogP contribution is -2.05. The van der Waals surface area contributed by atoms with Crippen molar-refractivity contribution in [2.24, 2.45) is 5.73 Å². The molecule has 0 heterocycles. The summed E-state index contributed by atoms with van der Waals surface area (Å²) in [5, 5.41) is 0. The quantitative estimate of drug-likeness (QED) is 0.718. The van der Waals surface area contributed by atoms with Crippen molar-refractivity contribution in [2.45, 2.75) is 27.0 Å². The van der Waals surface area contributed by atoms with E-state index in [9.17, 15) is 0 Å². The number of hydrogen-bond donors (Lipinski definition) is 1. The lowest BCUT2D eigenvalue weighted by Gasteiger charge is -2.16. The summed E-state index contributed by atoms with van der Waals surface area (Å²) in [6.45, 7) is 5.20. The molecule has 0 spiro atoms. The highest BCUT2D eigenvalue weighted by Crippen LogP contribution is 2.31. The molecular formula is C22H23NO. The molecule has 0 aliphatic carbocycles. The monoisotopic (exact) mass is 317 g/mol. The van der Waals surface area contributed by atoms with Crippen LogP contribution in [-0.2, 0) is 13.2 Å². The van der Waals surface area contributed by atoms with Gasteiger partial charge in [0.15, 0.2) is 0 Å². The number of nitrogens with two attached hydrogens (primary N) is 1. The highest BCUT2D eigenvalue weighted by Gasteiger charge is 2.10. The van der Waals surface area contributed by atoms with E-state index < -0.39 is 0 Å². The molecule has 0 fully saturated rings. The average molecular weight is 317 g/mol. The third kappa shape index (κ3) is 3.66. The maximum absolute atomic E-state index is 6.07. The van der Waals surface area contributed by atoms with Crippen LogP contribution in [0.25, 0.3) is 11.1 Å². The first-order valence-electron chi connectivity index (χ1n) is 8.24. The van der Waals surface area contributed by atoms with E-state index >= 15 is 0 Å². The zero-order valence-corrected chi connectivity index (χ0v) is 14.3. The summed E-state index contributed by atoms with van der Waals surface area (Å²) in [4.78, 5) is 0. The molecule has 0 saturated heterocycles. The van der Waals surface area contributed by atoms with Gasteiger partial charge in [-0.05, 0) is 48.2 Å². The molecule has 0 aliphatic heterocycles. The number of hydrogen-bond acceptors (Lipinski definition) is 2. The van der Waals surface area contributed by atoms with E-state index in [1.807, 2.05) is 18.2 Å².